The maximum Gasteiger partial charge on any atom is 0.273 e. The highest BCUT2D eigenvalue weighted by atomic mass is 16.2. The van der Waals surface area contributed by atoms with Crippen molar-refractivity contribution in [2.24, 2.45) is 7.05 Å². The van der Waals surface area contributed by atoms with Crippen LogP contribution in [0.25, 0.3) is 11.1 Å². The lowest BCUT2D eigenvalue weighted by Crippen LogP contribution is -2.23. The molecule has 5 nitrogen and oxygen atoms in total. The molecule has 0 fully saturated rings. The summed E-state index contributed by atoms with van der Waals surface area (Å²) in [6.07, 6.45) is 3.84. The molecule has 3 aromatic rings. The number of carbonyl (C=O) groups is 1. The van der Waals surface area contributed by atoms with Crippen molar-refractivity contribution in [1.82, 2.24) is 19.7 Å². The molecule has 0 aliphatic carbocycles. The number of hydrogen-bond donors (Lipinski definition) is 0. The predicted octanol–water partition coefficient (Wildman–Crippen LogP) is 5.00. The molecule has 1 aromatic carbocycles. The van der Waals surface area contributed by atoms with E-state index in [2.05, 4.69) is 34.3 Å². The number of benzene rings is 1. The lowest BCUT2D eigenvalue weighted by molar-refractivity contribution is 0.0762. The van der Waals surface area contributed by atoms with Crippen LogP contribution in [0.5, 0.6) is 0 Å². The molecule has 0 saturated heterocycles. The average molecular weight is 379 g/mol. The van der Waals surface area contributed by atoms with Crippen LogP contribution < -0.4 is 0 Å². The van der Waals surface area contributed by atoms with Gasteiger partial charge in [0.15, 0.2) is 0 Å². The normalized spacial score (nSPS) is 11.9. The Labute approximate surface area is 168 Å². The molecular weight excluding hydrogens is 348 g/mol. The van der Waals surface area contributed by atoms with Gasteiger partial charge in [0.25, 0.3) is 5.91 Å². The number of pyridine rings is 1. The number of rotatable bonds is 3. The van der Waals surface area contributed by atoms with Crippen LogP contribution in [0.4, 0.5) is 0 Å². The zero-order valence-electron chi connectivity index (χ0n) is 17.7. The Balaban J connectivity index is 0.000000660. The summed E-state index contributed by atoms with van der Waals surface area (Å²) in [6.45, 7) is 11.1. The van der Waals surface area contributed by atoms with Gasteiger partial charge in [0.1, 0.15) is 5.69 Å². The van der Waals surface area contributed by atoms with Crippen LogP contribution >= 0.6 is 0 Å². The monoisotopic (exact) mass is 378 g/mol. The predicted molar refractivity (Wildman–Crippen MR) is 114 cm³/mol. The third kappa shape index (κ3) is 4.66. The van der Waals surface area contributed by atoms with Crippen molar-refractivity contribution in [3.63, 3.8) is 0 Å². The van der Waals surface area contributed by atoms with E-state index in [-0.39, 0.29) is 5.91 Å². The Bertz CT molecular complexity index is 913. The molecule has 2 aromatic heterocycles. The van der Waals surface area contributed by atoms with E-state index in [9.17, 15) is 4.79 Å². The van der Waals surface area contributed by atoms with Crippen molar-refractivity contribution in [3.05, 3.63) is 71.3 Å². The Morgan fingerprint density at radius 3 is 2.25 bits per heavy atom. The second-order valence-corrected chi connectivity index (χ2v) is 6.22. The van der Waals surface area contributed by atoms with Gasteiger partial charge in [-0.15, -0.1) is 0 Å². The minimum Gasteiger partial charge on any atom is -0.329 e. The third-order valence-corrected chi connectivity index (χ3v) is 4.33. The Morgan fingerprint density at radius 1 is 0.964 bits per heavy atom. The van der Waals surface area contributed by atoms with E-state index in [1.54, 1.807) is 4.68 Å². The molecule has 0 unspecified atom stereocenters. The van der Waals surface area contributed by atoms with Gasteiger partial charge in [-0.3, -0.25) is 9.48 Å². The van der Waals surface area contributed by atoms with Crippen LogP contribution in [0, 0.1) is 6.92 Å². The molecule has 0 bridgehead atoms. The molecule has 1 amide bonds. The Hall–Kier alpha value is -2.95. The second-order valence-electron chi connectivity index (χ2n) is 6.22. The molecule has 1 aliphatic rings. The zero-order chi connectivity index (χ0) is 20.7. The molecular formula is C23H30N4O. The van der Waals surface area contributed by atoms with Gasteiger partial charge in [0.2, 0.25) is 0 Å². The summed E-state index contributed by atoms with van der Waals surface area (Å²) in [7, 11) is 1.91. The second kappa shape index (κ2) is 9.83. The summed E-state index contributed by atoms with van der Waals surface area (Å²) in [5.74, 6) is 0.0186. The lowest BCUT2D eigenvalue weighted by atomic mass is 10.1. The van der Waals surface area contributed by atoms with Crippen LogP contribution in [-0.4, -0.2) is 25.6 Å². The highest BCUT2D eigenvalue weighted by Crippen LogP contribution is 2.24. The van der Waals surface area contributed by atoms with Crippen LogP contribution in [-0.2, 0) is 20.1 Å². The molecule has 5 heteroatoms. The first-order chi connectivity index (χ1) is 13.6. The van der Waals surface area contributed by atoms with Gasteiger partial charge < -0.3 is 4.90 Å². The van der Waals surface area contributed by atoms with Crippen LogP contribution in [0.3, 0.4) is 0 Å². The van der Waals surface area contributed by atoms with Crippen molar-refractivity contribution in [2.45, 2.75) is 47.7 Å². The van der Waals surface area contributed by atoms with Gasteiger partial charge in [-0.05, 0) is 24.1 Å². The van der Waals surface area contributed by atoms with E-state index < -0.39 is 0 Å². The largest absolute Gasteiger partial charge is 0.329 e. The molecule has 28 heavy (non-hydrogen) atoms. The van der Waals surface area contributed by atoms with Crippen LogP contribution in [0.1, 0.15) is 55.0 Å². The first-order valence-corrected chi connectivity index (χ1v) is 9.94. The van der Waals surface area contributed by atoms with E-state index in [1.807, 2.05) is 71.1 Å². The minimum atomic E-state index is 0.0186. The molecule has 148 valence electrons. The minimum absolute atomic E-state index is 0.0186. The first-order valence-electron chi connectivity index (χ1n) is 9.94. The summed E-state index contributed by atoms with van der Waals surface area (Å²) < 4.78 is 1.79. The smallest absolute Gasteiger partial charge is 0.273 e. The molecule has 0 spiro atoms. The summed E-state index contributed by atoms with van der Waals surface area (Å²) in [6, 6.07) is 12.2. The van der Waals surface area contributed by atoms with E-state index in [4.69, 9.17) is 0 Å². The van der Waals surface area contributed by atoms with E-state index in [0.29, 0.717) is 18.8 Å². The highest BCUT2D eigenvalue weighted by molar-refractivity contribution is 5.96. The average Bonchev–Trinajstić information content (AvgIpc) is 3.30. The van der Waals surface area contributed by atoms with Gasteiger partial charge in [0.05, 0.1) is 6.20 Å². The third-order valence-electron chi connectivity index (χ3n) is 4.33. The quantitative estimate of drug-likeness (QED) is 0.644. The van der Waals surface area contributed by atoms with Gasteiger partial charge >= 0.3 is 0 Å². The van der Waals surface area contributed by atoms with Gasteiger partial charge in [-0.2, -0.15) is 5.10 Å². The molecule has 3 heterocycles. The van der Waals surface area contributed by atoms with Gasteiger partial charge in [-0.1, -0.05) is 58.0 Å². The number of amides is 1. The van der Waals surface area contributed by atoms with Gasteiger partial charge in [0, 0.05) is 43.2 Å². The topological polar surface area (TPSA) is 51.0 Å². The zero-order valence-corrected chi connectivity index (χ0v) is 17.7. The SMILES string of the molecule is CC.CC.Cc1ccc2c(n1)C(=O)N(Cc1ccc(-c3cnn(C)c3)cc1)C2. The van der Waals surface area contributed by atoms with Crippen molar-refractivity contribution in [2.75, 3.05) is 0 Å². The molecule has 0 atom stereocenters. The molecule has 1 aliphatic heterocycles. The number of nitrogens with zero attached hydrogens (tertiary/aromatic N) is 4. The Morgan fingerprint density at radius 2 is 1.64 bits per heavy atom. The van der Waals surface area contributed by atoms with E-state index in [0.717, 1.165) is 27.9 Å². The number of fused-ring (bicyclic) bond motifs is 1. The van der Waals surface area contributed by atoms with Gasteiger partial charge in [-0.25, -0.2) is 4.98 Å². The summed E-state index contributed by atoms with van der Waals surface area (Å²) in [5.41, 5.74) is 5.82. The number of aromatic nitrogens is 3. The first kappa shape index (κ1) is 21.4. The maximum absolute atomic E-state index is 12.5. The van der Waals surface area contributed by atoms with Crippen molar-refractivity contribution >= 4 is 5.91 Å². The molecule has 0 saturated carbocycles. The highest BCUT2D eigenvalue weighted by Gasteiger charge is 2.28. The van der Waals surface area contributed by atoms with Crippen molar-refractivity contribution < 1.29 is 4.79 Å². The number of hydrogen-bond acceptors (Lipinski definition) is 3. The maximum atomic E-state index is 12.5. The molecule has 4 rings (SSSR count). The summed E-state index contributed by atoms with van der Waals surface area (Å²) >= 11 is 0. The molecule has 0 radical (unpaired) electrons. The lowest BCUT2D eigenvalue weighted by Gasteiger charge is -2.15. The van der Waals surface area contributed by atoms with E-state index in [1.165, 1.54) is 0 Å². The Kier molecular flexibility index (Phi) is 7.50. The summed E-state index contributed by atoms with van der Waals surface area (Å²) in [5, 5.41) is 4.20. The standard InChI is InChI=1S/C19H18N4O.2C2H6/c1-13-3-6-16-12-23(19(24)18(16)21-13)10-14-4-7-15(8-5-14)17-9-20-22(2)11-17;2*1-2/h3-9,11H,10,12H2,1-2H3;2*1-2H3. The fraction of sp³-hybridized carbons (Fsp3) is 0.348. The fourth-order valence-electron chi connectivity index (χ4n) is 3.05. The number of carbonyl (C=O) groups excluding carboxylic acids is 1. The molecule has 0 N–H and O–H groups in total. The fourth-order valence-corrected chi connectivity index (χ4v) is 3.05. The van der Waals surface area contributed by atoms with Crippen molar-refractivity contribution in [1.29, 1.82) is 0 Å². The van der Waals surface area contributed by atoms with Crippen molar-refractivity contribution in [3.8, 4) is 11.1 Å². The number of aryl methyl sites for hydroxylation is 2. The van der Waals surface area contributed by atoms with Crippen LogP contribution in [0.15, 0.2) is 48.8 Å². The summed E-state index contributed by atoms with van der Waals surface area (Å²) in [4.78, 5) is 18.7. The van der Waals surface area contributed by atoms with E-state index >= 15 is 0 Å². The van der Waals surface area contributed by atoms with Crippen LogP contribution in [0.2, 0.25) is 0 Å².